The van der Waals surface area contributed by atoms with Crippen LogP contribution in [0.5, 0.6) is 0 Å². The van der Waals surface area contributed by atoms with Gasteiger partial charge in [0.2, 0.25) is 0 Å². The van der Waals surface area contributed by atoms with Crippen LogP contribution in [0.15, 0.2) is 0 Å². The van der Waals surface area contributed by atoms with Gasteiger partial charge in [-0.05, 0) is 68.2 Å². The zero-order chi connectivity index (χ0) is 30.4. The van der Waals surface area contributed by atoms with Gasteiger partial charge in [-0.2, -0.15) is 0 Å². The molecule has 0 radical (unpaired) electrons. The molecule has 0 unspecified atom stereocenters. The largest absolute Gasteiger partial charge is 0.464 e. The van der Waals surface area contributed by atoms with E-state index >= 15 is 0 Å². The van der Waals surface area contributed by atoms with Crippen LogP contribution in [0.25, 0.3) is 0 Å². The van der Waals surface area contributed by atoms with E-state index in [1.165, 1.54) is 0 Å². The van der Waals surface area contributed by atoms with Crippen LogP contribution in [0.4, 0.5) is 0 Å². The van der Waals surface area contributed by atoms with Gasteiger partial charge in [-0.25, -0.2) is 0 Å². The highest BCUT2D eigenvalue weighted by atomic mass is 16.5. The molecule has 0 atom stereocenters. The van der Waals surface area contributed by atoms with Gasteiger partial charge in [-0.3, -0.25) is 24.2 Å². The van der Waals surface area contributed by atoms with Gasteiger partial charge in [0.15, 0.2) is 0 Å². The quantitative estimate of drug-likeness (QED) is 0.201. The molecule has 10 heteroatoms. The van der Waals surface area contributed by atoms with Gasteiger partial charge >= 0.3 is 17.9 Å². The molecule has 0 spiro atoms. The lowest BCUT2D eigenvalue weighted by molar-refractivity contribution is -0.164. The molecule has 2 saturated heterocycles. The minimum Gasteiger partial charge on any atom is -0.464 e. The number of likely N-dealkylation sites (tertiary alicyclic amines) is 2. The Morgan fingerprint density at radius 2 is 1.10 bits per heavy atom. The molecule has 10 nitrogen and oxygen atoms in total. The van der Waals surface area contributed by atoms with Crippen molar-refractivity contribution in [2.45, 2.75) is 141 Å². The lowest BCUT2D eigenvalue weighted by atomic mass is 9.78. The molecule has 1 N–H and O–H groups in total. The van der Waals surface area contributed by atoms with Crippen molar-refractivity contribution in [3.05, 3.63) is 0 Å². The maximum Gasteiger partial charge on any atom is 0.306 e. The van der Waals surface area contributed by atoms with Gasteiger partial charge in [-0.1, -0.05) is 0 Å². The predicted molar refractivity (Wildman–Crippen MR) is 151 cm³/mol. The van der Waals surface area contributed by atoms with Crippen LogP contribution in [-0.2, 0) is 33.4 Å². The SMILES string of the molecule is CC1(C)CC(O)CC(C)(C)N1CCOC(=O)CCC(=O)OC1CC(C)(C)N(CCOC(=O)CCC=O)C(C)(C)C1. The Kier molecular flexibility index (Phi) is 11.7. The molecule has 40 heavy (non-hydrogen) atoms. The van der Waals surface area contributed by atoms with Crippen LogP contribution in [0.3, 0.4) is 0 Å². The molecule has 0 saturated carbocycles. The number of hydrogen-bond donors (Lipinski definition) is 1. The number of hydrogen-bond acceptors (Lipinski definition) is 10. The van der Waals surface area contributed by atoms with Crippen molar-refractivity contribution in [1.29, 1.82) is 0 Å². The maximum atomic E-state index is 12.6. The fraction of sp³-hybridized carbons (Fsp3) is 0.867. The second kappa shape index (κ2) is 13.7. The summed E-state index contributed by atoms with van der Waals surface area (Å²) in [7, 11) is 0. The first-order valence-corrected chi connectivity index (χ1v) is 14.6. The van der Waals surface area contributed by atoms with Gasteiger partial charge in [0.1, 0.15) is 25.6 Å². The molecule has 230 valence electrons. The summed E-state index contributed by atoms with van der Waals surface area (Å²) in [5.41, 5.74) is -1.05. The smallest absolute Gasteiger partial charge is 0.306 e. The third-order valence-corrected chi connectivity index (χ3v) is 8.30. The minimum absolute atomic E-state index is 0.0363. The van der Waals surface area contributed by atoms with Gasteiger partial charge < -0.3 is 24.1 Å². The topological polar surface area (TPSA) is 123 Å². The standard InChI is InChI=1S/C30H52N2O8/c1-27(2)18-22(34)19-28(3,4)31(27)13-17-39-25(36)11-12-26(37)40-23-20-29(5,6)32(30(7,8)21-23)14-16-38-24(35)10-9-15-33/h15,22-23,34H,9-14,16-21H2,1-8H3. The van der Waals surface area contributed by atoms with Crippen LogP contribution < -0.4 is 0 Å². The second-order valence-electron chi connectivity index (χ2n) is 13.8. The van der Waals surface area contributed by atoms with E-state index in [9.17, 15) is 24.3 Å². The molecule has 0 aromatic rings. The highest BCUT2D eigenvalue weighted by Crippen LogP contribution is 2.40. The molecule has 2 rings (SSSR count). The lowest BCUT2D eigenvalue weighted by Crippen LogP contribution is -2.63. The molecule has 2 aliphatic heterocycles. The molecule has 0 bridgehead atoms. The van der Waals surface area contributed by atoms with Crippen molar-refractivity contribution in [2.75, 3.05) is 26.3 Å². The second-order valence-corrected chi connectivity index (χ2v) is 13.8. The highest BCUT2D eigenvalue weighted by molar-refractivity contribution is 5.77. The van der Waals surface area contributed by atoms with Crippen molar-refractivity contribution >= 4 is 24.2 Å². The summed E-state index contributed by atoms with van der Waals surface area (Å²) in [5.74, 6) is -1.23. The normalized spacial score (nSPS) is 22.8. The van der Waals surface area contributed by atoms with Gasteiger partial charge in [0.25, 0.3) is 0 Å². The first-order chi connectivity index (χ1) is 18.4. The van der Waals surface area contributed by atoms with Crippen LogP contribution in [-0.4, -0.2) is 99.8 Å². The Bertz CT molecular complexity index is 862. The Labute approximate surface area is 240 Å². The minimum atomic E-state index is -0.428. The average Bonchev–Trinajstić information content (AvgIpc) is 2.78. The van der Waals surface area contributed by atoms with E-state index in [1.807, 2.05) is 0 Å². The van der Waals surface area contributed by atoms with E-state index in [1.54, 1.807) is 0 Å². The van der Waals surface area contributed by atoms with Crippen LogP contribution in [0.1, 0.15) is 107 Å². The molecular weight excluding hydrogens is 516 g/mol. The van der Waals surface area contributed by atoms with Crippen molar-refractivity contribution in [1.82, 2.24) is 9.80 Å². The molecular formula is C30H52N2O8. The number of rotatable bonds is 13. The summed E-state index contributed by atoms with van der Waals surface area (Å²) >= 11 is 0. The lowest BCUT2D eigenvalue weighted by Gasteiger charge is -2.54. The van der Waals surface area contributed by atoms with E-state index < -0.39 is 11.9 Å². The third kappa shape index (κ3) is 9.80. The average molecular weight is 569 g/mol. The van der Waals surface area contributed by atoms with E-state index in [2.05, 4.69) is 65.2 Å². The number of aldehydes is 1. The van der Waals surface area contributed by atoms with Gasteiger partial charge in [0, 0.05) is 54.5 Å². The number of aliphatic hydroxyl groups is 1. The van der Waals surface area contributed by atoms with Crippen molar-refractivity contribution in [3.63, 3.8) is 0 Å². The monoisotopic (exact) mass is 568 g/mol. The first kappa shape index (κ1) is 34.2. The molecule has 0 aromatic heterocycles. The van der Waals surface area contributed by atoms with Crippen molar-refractivity contribution in [2.24, 2.45) is 0 Å². The van der Waals surface area contributed by atoms with Crippen molar-refractivity contribution < 1.29 is 38.5 Å². The van der Waals surface area contributed by atoms with Gasteiger partial charge in [-0.15, -0.1) is 0 Å². The fourth-order valence-corrected chi connectivity index (χ4v) is 7.06. The number of esters is 3. The Hall–Kier alpha value is -2.04. The van der Waals surface area contributed by atoms with Crippen molar-refractivity contribution in [3.8, 4) is 0 Å². The summed E-state index contributed by atoms with van der Waals surface area (Å²) in [4.78, 5) is 51.7. The Morgan fingerprint density at radius 3 is 1.55 bits per heavy atom. The predicted octanol–water partition coefficient (Wildman–Crippen LogP) is 3.41. The van der Waals surface area contributed by atoms with Gasteiger partial charge in [0.05, 0.1) is 25.4 Å². The number of carbonyl (C=O) groups is 4. The fourth-order valence-electron chi connectivity index (χ4n) is 7.06. The molecule has 2 fully saturated rings. The molecule has 0 amide bonds. The molecule has 0 aromatic carbocycles. The molecule has 0 aliphatic carbocycles. The summed E-state index contributed by atoms with van der Waals surface area (Å²) in [6.07, 6.45) is 2.79. The Balaban J connectivity index is 1.77. The number of ether oxygens (including phenoxy) is 3. The number of piperidine rings is 2. The Morgan fingerprint density at radius 1 is 0.700 bits per heavy atom. The number of nitrogens with zero attached hydrogens (tertiary/aromatic N) is 2. The third-order valence-electron chi connectivity index (χ3n) is 8.30. The summed E-state index contributed by atoms with van der Waals surface area (Å²) in [6, 6.07) is 0. The van der Waals surface area contributed by atoms with E-state index in [-0.39, 0.29) is 79.2 Å². The molecule has 2 heterocycles. The number of carbonyl (C=O) groups excluding carboxylic acids is 4. The zero-order valence-electron chi connectivity index (χ0n) is 25.9. The molecule has 2 aliphatic rings. The van der Waals surface area contributed by atoms with E-state index in [4.69, 9.17) is 14.2 Å². The summed E-state index contributed by atoms with van der Waals surface area (Å²) in [6.45, 7) is 18.2. The van der Waals surface area contributed by atoms with E-state index in [0.717, 1.165) is 0 Å². The first-order valence-electron chi connectivity index (χ1n) is 14.6. The maximum absolute atomic E-state index is 12.6. The highest BCUT2D eigenvalue weighted by Gasteiger charge is 2.47. The number of aliphatic hydroxyl groups excluding tert-OH is 1. The summed E-state index contributed by atoms with van der Waals surface area (Å²) in [5, 5.41) is 10.2. The van der Waals surface area contributed by atoms with Crippen LogP contribution in [0.2, 0.25) is 0 Å². The van der Waals surface area contributed by atoms with E-state index in [0.29, 0.717) is 45.1 Å². The zero-order valence-corrected chi connectivity index (χ0v) is 25.9. The summed E-state index contributed by atoms with van der Waals surface area (Å²) < 4.78 is 16.5. The van der Waals surface area contributed by atoms with Crippen LogP contribution >= 0.6 is 0 Å². The van der Waals surface area contributed by atoms with Crippen LogP contribution in [0, 0.1) is 0 Å².